The number of rotatable bonds is 8. The van der Waals surface area contributed by atoms with Crippen LogP contribution in [0.15, 0.2) is 60.1 Å². The zero-order valence-electron chi connectivity index (χ0n) is 19.3. The van der Waals surface area contributed by atoms with Crippen molar-refractivity contribution in [2.75, 3.05) is 39.7 Å². The molecule has 1 unspecified atom stereocenters. The molecule has 1 amide bonds. The van der Waals surface area contributed by atoms with Crippen molar-refractivity contribution in [3.63, 3.8) is 0 Å². The number of hydrogen-bond acceptors (Lipinski definition) is 7. The molecular formula is C25H28N4O4S. The highest BCUT2D eigenvalue weighted by Crippen LogP contribution is 2.35. The molecule has 3 heterocycles. The Bertz CT molecular complexity index is 1130. The number of hydrogen-bond donors (Lipinski definition) is 0. The summed E-state index contributed by atoms with van der Waals surface area (Å²) in [4.78, 5) is 24.5. The standard InChI is InChI=1S/C25H28N4O4S/c1-32-13-14-34-25-26-16-22(19-5-3-7-21(15-19)33-2)23(27-25)20-6-4-10-28(17-20)24(30)18-8-11-29(31)12-9-18/h3,5,7-9,11-12,15-16,20H,4,6,10,13-14,17H2,1-2H3. The second kappa shape index (κ2) is 11.3. The van der Waals surface area contributed by atoms with Crippen LogP contribution in [0.4, 0.5) is 0 Å². The van der Waals surface area contributed by atoms with E-state index in [9.17, 15) is 10.0 Å². The van der Waals surface area contributed by atoms with Gasteiger partial charge in [-0.15, -0.1) is 0 Å². The minimum Gasteiger partial charge on any atom is -0.619 e. The summed E-state index contributed by atoms with van der Waals surface area (Å²) in [5, 5.41) is 12.1. The first kappa shape index (κ1) is 24.0. The average Bonchev–Trinajstić information content (AvgIpc) is 2.89. The number of amides is 1. The molecule has 0 radical (unpaired) electrons. The first-order chi connectivity index (χ1) is 16.6. The van der Waals surface area contributed by atoms with Gasteiger partial charge in [0.25, 0.3) is 5.91 Å². The molecule has 8 nitrogen and oxygen atoms in total. The molecule has 178 valence electrons. The summed E-state index contributed by atoms with van der Waals surface area (Å²) >= 11 is 1.56. The van der Waals surface area contributed by atoms with Crippen LogP contribution in [-0.4, -0.2) is 60.4 Å². The predicted molar refractivity (Wildman–Crippen MR) is 130 cm³/mol. The Hall–Kier alpha value is -3.17. The van der Waals surface area contributed by atoms with E-state index in [1.165, 1.54) is 12.4 Å². The Morgan fingerprint density at radius 1 is 1.26 bits per heavy atom. The summed E-state index contributed by atoms with van der Waals surface area (Å²) in [6.07, 6.45) is 6.37. The molecule has 4 rings (SSSR count). The van der Waals surface area contributed by atoms with Crippen molar-refractivity contribution in [1.29, 1.82) is 0 Å². The van der Waals surface area contributed by atoms with Gasteiger partial charge in [-0.25, -0.2) is 9.97 Å². The molecule has 1 aromatic carbocycles. The van der Waals surface area contributed by atoms with Crippen molar-refractivity contribution in [1.82, 2.24) is 14.9 Å². The molecule has 0 N–H and O–H groups in total. The summed E-state index contributed by atoms with van der Waals surface area (Å²) in [6.45, 7) is 1.85. The van der Waals surface area contributed by atoms with E-state index in [1.807, 2.05) is 35.4 Å². The second-order valence-corrected chi connectivity index (χ2v) is 9.12. The van der Waals surface area contributed by atoms with Crippen molar-refractivity contribution < 1.29 is 19.0 Å². The fraction of sp³-hybridized carbons (Fsp3) is 0.360. The van der Waals surface area contributed by atoms with Crippen LogP contribution >= 0.6 is 11.8 Å². The third-order valence-electron chi connectivity index (χ3n) is 5.84. The zero-order chi connectivity index (χ0) is 23.9. The minimum atomic E-state index is -0.0722. The molecule has 1 aliphatic heterocycles. The van der Waals surface area contributed by atoms with Crippen LogP contribution in [-0.2, 0) is 4.74 Å². The lowest BCUT2D eigenvalue weighted by Gasteiger charge is -2.33. The number of likely N-dealkylation sites (tertiary alicyclic amines) is 1. The Kier molecular flexibility index (Phi) is 7.97. The van der Waals surface area contributed by atoms with Gasteiger partial charge in [0.2, 0.25) is 0 Å². The van der Waals surface area contributed by atoms with E-state index in [2.05, 4.69) is 4.98 Å². The maximum Gasteiger partial charge on any atom is 0.254 e. The third kappa shape index (κ3) is 5.66. The smallest absolute Gasteiger partial charge is 0.254 e. The van der Waals surface area contributed by atoms with Crippen LogP contribution in [0.5, 0.6) is 5.75 Å². The van der Waals surface area contributed by atoms with Crippen molar-refractivity contribution in [3.05, 3.63) is 71.5 Å². The maximum absolute atomic E-state index is 13.1. The molecule has 3 aromatic rings. The number of methoxy groups -OCH3 is 2. The molecule has 34 heavy (non-hydrogen) atoms. The van der Waals surface area contributed by atoms with Gasteiger partial charge in [-0.05, 0) is 30.5 Å². The van der Waals surface area contributed by atoms with Crippen LogP contribution in [0, 0.1) is 5.21 Å². The van der Waals surface area contributed by atoms with Gasteiger partial charge in [0.1, 0.15) is 5.75 Å². The Balaban J connectivity index is 1.64. The molecule has 1 aliphatic rings. The molecule has 0 spiro atoms. The van der Waals surface area contributed by atoms with Gasteiger partial charge < -0.3 is 19.6 Å². The van der Waals surface area contributed by atoms with Crippen molar-refractivity contribution in [2.24, 2.45) is 0 Å². The Morgan fingerprint density at radius 2 is 2.09 bits per heavy atom. The van der Waals surface area contributed by atoms with Gasteiger partial charge >= 0.3 is 0 Å². The summed E-state index contributed by atoms with van der Waals surface area (Å²) in [6, 6.07) is 11.0. The number of piperidine rings is 1. The highest BCUT2D eigenvalue weighted by atomic mass is 32.2. The monoisotopic (exact) mass is 480 g/mol. The maximum atomic E-state index is 13.1. The average molecular weight is 481 g/mol. The molecule has 9 heteroatoms. The van der Waals surface area contributed by atoms with E-state index in [-0.39, 0.29) is 11.8 Å². The number of benzene rings is 1. The molecule has 0 aliphatic carbocycles. The first-order valence-electron chi connectivity index (χ1n) is 11.2. The number of ether oxygens (including phenoxy) is 2. The first-order valence-corrected chi connectivity index (χ1v) is 12.2. The Morgan fingerprint density at radius 3 is 2.85 bits per heavy atom. The Labute approximate surface area is 203 Å². The van der Waals surface area contributed by atoms with E-state index in [4.69, 9.17) is 14.5 Å². The number of pyridine rings is 1. The van der Waals surface area contributed by atoms with Gasteiger partial charge in [0.05, 0.1) is 25.0 Å². The van der Waals surface area contributed by atoms with Crippen molar-refractivity contribution >= 4 is 17.7 Å². The predicted octanol–water partition coefficient (Wildman–Crippen LogP) is 3.54. The molecule has 1 atom stereocenters. The van der Waals surface area contributed by atoms with Gasteiger partial charge in [0.15, 0.2) is 17.6 Å². The van der Waals surface area contributed by atoms with Crippen LogP contribution in [0.2, 0.25) is 0 Å². The number of nitrogens with zero attached hydrogens (tertiary/aromatic N) is 4. The summed E-state index contributed by atoms with van der Waals surface area (Å²) in [5.41, 5.74) is 3.38. The molecular weight excluding hydrogens is 452 g/mol. The summed E-state index contributed by atoms with van der Waals surface area (Å²) in [5.74, 6) is 1.52. The number of carbonyl (C=O) groups excluding carboxylic acids is 1. The van der Waals surface area contributed by atoms with Gasteiger partial charge in [-0.2, -0.15) is 4.73 Å². The zero-order valence-corrected chi connectivity index (χ0v) is 20.2. The van der Waals surface area contributed by atoms with Crippen LogP contribution in [0.1, 0.15) is 34.8 Å². The molecule has 0 bridgehead atoms. The quantitative estimate of drug-likeness (QED) is 0.160. The van der Waals surface area contributed by atoms with Gasteiger partial charge in [0, 0.05) is 55.8 Å². The topological polar surface area (TPSA) is 91.5 Å². The minimum absolute atomic E-state index is 0.0665. The molecule has 2 aromatic heterocycles. The fourth-order valence-electron chi connectivity index (χ4n) is 4.11. The fourth-order valence-corrected chi connectivity index (χ4v) is 4.83. The largest absolute Gasteiger partial charge is 0.619 e. The van der Waals surface area contributed by atoms with Crippen molar-refractivity contribution in [2.45, 2.75) is 23.9 Å². The van der Waals surface area contributed by atoms with E-state index < -0.39 is 0 Å². The highest BCUT2D eigenvalue weighted by molar-refractivity contribution is 7.99. The van der Waals surface area contributed by atoms with E-state index in [0.717, 1.165) is 41.2 Å². The molecule has 1 fully saturated rings. The SMILES string of the molecule is COCCSc1ncc(-c2cccc(OC)c2)c(C2CCCN(C(=O)c3cc[n+]([O-])cc3)C2)n1. The lowest BCUT2D eigenvalue weighted by Crippen LogP contribution is -2.40. The van der Waals surface area contributed by atoms with Gasteiger partial charge in [-0.3, -0.25) is 4.79 Å². The number of thioether (sulfide) groups is 1. The van der Waals surface area contributed by atoms with E-state index in [0.29, 0.717) is 35.1 Å². The van der Waals surface area contributed by atoms with E-state index >= 15 is 0 Å². The van der Waals surface area contributed by atoms with Crippen molar-refractivity contribution in [3.8, 4) is 16.9 Å². The van der Waals surface area contributed by atoms with Crippen LogP contribution in [0.25, 0.3) is 11.1 Å². The number of carbonyl (C=O) groups is 1. The van der Waals surface area contributed by atoms with Crippen LogP contribution < -0.4 is 9.47 Å². The number of aromatic nitrogens is 3. The highest BCUT2D eigenvalue weighted by Gasteiger charge is 2.29. The molecule has 1 saturated heterocycles. The lowest BCUT2D eigenvalue weighted by molar-refractivity contribution is -0.605. The van der Waals surface area contributed by atoms with E-state index in [1.54, 1.807) is 38.1 Å². The summed E-state index contributed by atoms with van der Waals surface area (Å²) < 4.78 is 11.3. The van der Waals surface area contributed by atoms with Crippen LogP contribution in [0.3, 0.4) is 0 Å². The second-order valence-electron chi connectivity index (χ2n) is 8.06. The molecule has 0 saturated carbocycles. The van der Waals surface area contributed by atoms with Gasteiger partial charge in [-0.1, -0.05) is 23.9 Å². The normalized spacial score (nSPS) is 15.8. The lowest BCUT2D eigenvalue weighted by atomic mass is 9.89. The third-order valence-corrected chi connectivity index (χ3v) is 6.67. The summed E-state index contributed by atoms with van der Waals surface area (Å²) in [7, 11) is 3.32.